The predicted molar refractivity (Wildman–Crippen MR) is 95.2 cm³/mol. The van der Waals surface area contributed by atoms with Gasteiger partial charge in [0, 0.05) is 23.9 Å². The molecule has 2 rings (SSSR count). The van der Waals surface area contributed by atoms with Crippen LogP contribution in [0.4, 0.5) is 0 Å². The van der Waals surface area contributed by atoms with Crippen LogP contribution in [0.5, 0.6) is 5.75 Å². The van der Waals surface area contributed by atoms with Crippen LogP contribution in [0.3, 0.4) is 0 Å². The lowest BCUT2D eigenvalue weighted by molar-refractivity contribution is 0.329. The smallest absolute Gasteiger partial charge is 0.269 e. The fourth-order valence-electron chi connectivity index (χ4n) is 2.56. The minimum Gasteiger partial charge on any atom is -0.494 e. The van der Waals surface area contributed by atoms with E-state index in [1.165, 1.54) is 16.4 Å². The maximum atomic E-state index is 13.1. The molecule has 1 heterocycles. The molecule has 0 amide bonds. The van der Waals surface area contributed by atoms with E-state index >= 15 is 0 Å². The number of imidazole rings is 1. The van der Waals surface area contributed by atoms with Gasteiger partial charge in [-0.15, -0.1) is 0 Å². The first-order valence-electron chi connectivity index (χ1n) is 8.15. The van der Waals surface area contributed by atoms with Gasteiger partial charge in [0.1, 0.15) is 11.6 Å². The van der Waals surface area contributed by atoms with E-state index in [0.29, 0.717) is 12.4 Å². The highest BCUT2D eigenvalue weighted by Gasteiger charge is 2.26. The summed E-state index contributed by atoms with van der Waals surface area (Å²) in [6.07, 6.45) is 3.02. The molecule has 2 aromatic rings. The summed E-state index contributed by atoms with van der Waals surface area (Å²) in [5.74, 6) is 1.26. The highest BCUT2D eigenvalue weighted by molar-refractivity contribution is 7.90. The third-order valence-electron chi connectivity index (χ3n) is 3.77. The molecule has 24 heavy (non-hydrogen) atoms. The van der Waals surface area contributed by atoms with E-state index < -0.39 is 10.0 Å². The molecule has 0 saturated carbocycles. The van der Waals surface area contributed by atoms with Crippen molar-refractivity contribution in [1.82, 2.24) is 8.96 Å². The normalized spacial score (nSPS) is 12.6. The molecular weight excluding hydrogens is 324 g/mol. The molecule has 6 heteroatoms. The van der Waals surface area contributed by atoms with E-state index in [1.807, 2.05) is 41.5 Å². The Labute approximate surface area is 144 Å². The van der Waals surface area contributed by atoms with Crippen LogP contribution in [0.15, 0.2) is 35.5 Å². The summed E-state index contributed by atoms with van der Waals surface area (Å²) in [5.41, 5.74) is 0.642. The van der Waals surface area contributed by atoms with Gasteiger partial charge in [0.2, 0.25) is 0 Å². The fraction of sp³-hybridized carbons (Fsp3) is 0.500. The Bertz CT molecular complexity index is 815. The van der Waals surface area contributed by atoms with E-state index in [-0.39, 0.29) is 16.2 Å². The first-order chi connectivity index (χ1) is 11.1. The number of benzene rings is 1. The van der Waals surface area contributed by atoms with Crippen molar-refractivity contribution in [2.24, 2.45) is 0 Å². The summed E-state index contributed by atoms with van der Waals surface area (Å²) in [7, 11) is -3.69. The molecule has 0 fully saturated rings. The number of hydrogen-bond donors (Lipinski definition) is 0. The van der Waals surface area contributed by atoms with Crippen LogP contribution < -0.4 is 4.74 Å². The van der Waals surface area contributed by atoms with Crippen molar-refractivity contribution in [3.8, 4) is 5.75 Å². The Morgan fingerprint density at radius 1 is 1.25 bits per heavy atom. The third kappa shape index (κ3) is 3.48. The van der Waals surface area contributed by atoms with Crippen molar-refractivity contribution in [1.29, 1.82) is 0 Å². The molecule has 5 nitrogen and oxygen atoms in total. The van der Waals surface area contributed by atoms with Gasteiger partial charge in [0.05, 0.1) is 11.5 Å². The molecule has 0 radical (unpaired) electrons. The lowest BCUT2D eigenvalue weighted by atomic mass is 9.86. The van der Waals surface area contributed by atoms with E-state index in [0.717, 1.165) is 11.3 Å². The molecule has 1 aromatic heterocycles. The largest absolute Gasteiger partial charge is 0.494 e. The van der Waals surface area contributed by atoms with Gasteiger partial charge in [0.15, 0.2) is 0 Å². The Morgan fingerprint density at radius 3 is 2.46 bits per heavy atom. The molecule has 0 spiro atoms. The molecule has 0 atom stereocenters. The lowest BCUT2D eigenvalue weighted by Crippen LogP contribution is -2.19. The van der Waals surface area contributed by atoms with Crippen molar-refractivity contribution in [2.45, 2.75) is 57.8 Å². The van der Waals surface area contributed by atoms with Crippen LogP contribution in [0.25, 0.3) is 0 Å². The van der Waals surface area contributed by atoms with Gasteiger partial charge in [-0.25, -0.2) is 17.4 Å². The summed E-state index contributed by atoms with van der Waals surface area (Å²) in [5, 5.41) is 0. The molecule has 0 saturated heterocycles. The second-order valence-corrected chi connectivity index (χ2v) is 8.90. The Morgan fingerprint density at radius 2 is 1.92 bits per heavy atom. The maximum Gasteiger partial charge on any atom is 0.269 e. The first-order valence-corrected chi connectivity index (χ1v) is 9.59. The highest BCUT2D eigenvalue weighted by Crippen LogP contribution is 2.34. The Hall–Kier alpha value is -1.82. The van der Waals surface area contributed by atoms with Crippen LogP contribution in [0.1, 0.15) is 58.8 Å². The zero-order valence-electron chi connectivity index (χ0n) is 15.2. The van der Waals surface area contributed by atoms with Gasteiger partial charge < -0.3 is 4.74 Å². The highest BCUT2D eigenvalue weighted by atomic mass is 32.2. The van der Waals surface area contributed by atoms with Crippen molar-refractivity contribution < 1.29 is 13.2 Å². The summed E-state index contributed by atoms with van der Waals surface area (Å²) in [6.45, 7) is 12.4. The van der Waals surface area contributed by atoms with Crippen LogP contribution >= 0.6 is 0 Å². The Kier molecular flexibility index (Phi) is 5.08. The molecule has 0 unspecified atom stereocenters. The number of aromatic nitrogens is 2. The van der Waals surface area contributed by atoms with Crippen molar-refractivity contribution in [3.05, 3.63) is 42.0 Å². The standard InChI is InChI=1S/C18H26N2O3S/c1-7-23-16-9-8-14(12-15(16)18(4,5)6)24(21,22)20-11-10-19-17(20)13(2)3/h8-13H,7H2,1-6H3. The van der Waals surface area contributed by atoms with Crippen LogP contribution in [0.2, 0.25) is 0 Å². The van der Waals surface area contributed by atoms with Crippen molar-refractivity contribution >= 4 is 10.0 Å². The third-order valence-corrected chi connectivity index (χ3v) is 5.44. The Balaban J connectivity index is 2.61. The quantitative estimate of drug-likeness (QED) is 0.819. The van der Waals surface area contributed by atoms with Crippen LogP contribution in [-0.4, -0.2) is 24.0 Å². The lowest BCUT2D eigenvalue weighted by Gasteiger charge is -2.23. The molecule has 132 valence electrons. The minimum atomic E-state index is -3.69. The first kappa shape index (κ1) is 18.5. The number of nitrogens with zero attached hydrogens (tertiary/aromatic N) is 2. The molecule has 0 aliphatic heterocycles. The number of ether oxygens (including phenoxy) is 1. The van der Waals surface area contributed by atoms with E-state index in [1.54, 1.807) is 18.2 Å². The molecule has 0 bridgehead atoms. The molecule has 0 aliphatic rings. The van der Waals surface area contributed by atoms with Crippen LogP contribution in [-0.2, 0) is 15.4 Å². The average molecular weight is 350 g/mol. The van der Waals surface area contributed by atoms with E-state index in [9.17, 15) is 8.42 Å². The zero-order valence-corrected chi connectivity index (χ0v) is 16.0. The summed E-state index contributed by atoms with van der Waals surface area (Å²) in [6, 6.07) is 5.05. The number of hydrogen-bond acceptors (Lipinski definition) is 4. The van der Waals surface area contributed by atoms with Gasteiger partial charge >= 0.3 is 0 Å². The monoisotopic (exact) mass is 350 g/mol. The molecule has 0 N–H and O–H groups in total. The van der Waals surface area contributed by atoms with Crippen molar-refractivity contribution in [2.75, 3.05) is 6.61 Å². The van der Waals surface area contributed by atoms with E-state index in [2.05, 4.69) is 4.98 Å². The number of rotatable bonds is 5. The zero-order chi connectivity index (χ0) is 18.1. The molecule has 0 aliphatic carbocycles. The van der Waals surface area contributed by atoms with Crippen LogP contribution in [0, 0.1) is 0 Å². The second kappa shape index (κ2) is 6.59. The molecular formula is C18H26N2O3S. The van der Waals surface area contributed by atoms with Gasteiger partial charge in [-0.3, -0.25) is 0 Å². The van der Waals surface area contributed by atoms with E-state index in [4.69, 9.17) is 4.74 Å². The average Bonchev–Trinajstić information content (AvgIpc) is 2.97. The van der Waals surface area contributed by atoms with Crippen molar-refractivity contribution in [3.63, 3.8) is 0 Å². The topological polar surface area (TPSA) is 61.2 Å². The molecule has 1 aromatic carbocycles. The van der Waals surface area contributed by atoms with Gasteiger partial charge in [0.25, 0.3) is 10.0 Å². The van der Waals surface area contributed by atoms with Gasteiger partial charge in [-0.1, -0.05) is 34.6 Å². The van der Waals surface area contributed by atoms with Gasteiger partial charge in [-0.2, -0.15) is 0 Å². The summed E-state index contributed by atoms with van der Waals surface area (Å²) < 4.78 is 33.0. The predicted octanol–water partition coefficient (Wildman–Crippen LogP) is 3.94. The summed E-state index contributed by atoms with van der Waals surface area (Å²) in [4.78, 5) is 4.43. The maximum absolute atomic E-state index is 13.1. The summed E-state index contributed by atoms with van der Waals surface area (Å²) >= 11 is 0. The minimum absolute atomic E-state index is 0.0135. The second-order valence-electron chi connectivity index (χ2n) is 7.08. The fourth-order valence-corrected chi connectivity index (χ4v) is 4.01. The SMILES string of the molecule is CCOc1ccc(S(=O)(=O)n2ccnc2C(C)C)cc1C(C)(C)C. The van der Waals surface area contributed by atoms with Gasteiger partial charge in [-0.05, 0) is 30.5 Å².